The van der Waals surface area contributed by atoms with Crippen molar-refractivity contribution in [1.29, 1.82) is 0 Å². The molecule has 0 saturated carbocycles. The molecule has 0 fully saturated rings. The number of ether oxygens (including phenoxy) is 2. The zero-order valence-electron chi connectivity index (χ0n) is 21.4. The summed E-state index contributed by atoms with van der Waals surface area (Å²) in [5.41, 5.74) is 11.5. The Hall–Kier alpha value is -3.84. The third-order valence-electron chi connectivity index (χ3n) is 6.26. The fourth-order valence-electron chi connectivity index (χ4n) is 4.25. The maximum absolute atomic E-state index is 12.1. The molecular formula is C30H36N4O3. The molecule has 1 atom stereocenters. The number of benzene rings is 2. The minimum Gasteiger partial charge on any atom is -0.489 e. The fourth-order valence-corrected chi connectivity index (χ4v) is 4.25. The molecule has 1 aliphatic heterocycles. The van der Waals surface area contributed by atoms with Gasteiger partial charge in [-0.3, -0.25) is 4.79 Å². The van der Waals surface area contributed by atoms with E-state index in [1.807, 2.05) is 37.3 Å². The maximum Gasteiger partial charge on any atom is 0.222 e. The van der Waals surface area contributed by atoms with Crippen molar-refractivity contribution in [2.24, 2.45) is 0 Å². The van der Waals surface area contributed by atoms with Gasteiger partial charge in [-0.15, -0.1) is 0 Å². The summed E-state index contributed by atoms with van der Waals surface area (Å²) in [4.78, 5) is 16.6. The highest BCUT2D eigenvalue weighted by molar-refractivity contribution is 5.76. The molecule has 7 heteroatoms. The normalized spacial score (nSPS) is 17.9. The van der Waals surface area contributed by atoms with Gasteiger partial charge in [0.05, 0.1) is 18.9 Å². The van der Waals surface area contributed by atoms with Crippen LogP contribution in [-0.2, 0) is 22.6 Å². The van der Waals surface area contributed by atoms with Gasteiger partial charge in [0.15, 0.2) is 0 Å². The monoisotopic (exact) mass is 500 g/mol. The molecule has 3 aromatic rings. The fraction of sp³-hybridized carbons (Fsp3) is 0.333. The molecule has 1 unspecified atom stereocenters. The van der Waals surface area contributed by atoms with E-state index in [0.29, 0.717) is 45.0 Å². The number of fused-ring (bicyclic) bond motifs is 1. The average molecular weight is 501 g/mol. The van der Waals surface area contributed by atoms with Crippen molar-refractivity contribution in [2.75, 3.05) is 30.8 Å². The Morgan fingerprint density at radius 3 is 2.81 bits per heavy atom. The number of pyridine rings is 1. The van der Waals surface area contributed by atoms with Crippen LogP contribution in [0.25, 0.3) is 6.08 Å². The minimum atomic E-state index is 0.0156. The van der Waals surface area contributed by atoms with E-state index < -0.39 is 0 Å². The number of nitrogen functional groups attached to an aromatic ring is 1. The number of amides is 1. The third-order valence-corrected chi connectivity index (χ3v) is 6.26. The molecule has 2 heterocycles. The first kappa shape index (κ1) is 26.2. The Kier molecular flexibility index (Phi) is 9.54. The lowest BCUT2D eigenvalue weighted by atomic mass is 10.0. The molecule has 0 radical (unpaired) electrons. The van der Waals surface area contributed by atoms with Crippen molar-refractivity contribution >= 4 is 23.5 Å². The lowest BCUT2D eigenvalue weighted by molar-refractivity contribution is -0.122. The second-order valence-corrected chi connectivity index (χ2v) is 9.29. The first-order valence-electron chi connectivity index (χ1n) is 12.9. The average Bonchev–Trinajstić information content (AvgIpc) is 2.90. The van der Waals surface area contributed by atoms with Crippen LogP contribution in [0.3, 0.4) is 0 Å². The van der Waals surface area contributed by atoms with Gasteiger partial charge in [-0.05, 0) is 43.0 Å². The number of nitrogens with two attached hydrogens (primary N) is 1. The van der Waals surface area contributed by atoms with Crippen molar-refractivity contribution in [3.63, 3.8) is 0 Å². The van der Waals surface area contributed by atoms with Crippen LogP contribution >= 0.6 is 0 Å². The standard InChI is InChI=1S/C30H36N4O3/c1-22-13-15-32-29-25(11-5-6-16-36-17-14-28(35)34-22)20-33-30(31)27(29)19-24-10-7-12-26(18-24)37-21-23-8-3-2-4-9-23/h2-5,7-12,18,20,22,32H,6,13-17,19,21H2,1H3,(H2,31,33)(H,34,35)/b11-5+. The topological polar surface area (TPSA) is 98.5 Å². The number of nitrogens with one attached hydrogen (secondary N) is 2. The summed E-state index contributed by atoms with van der Waals surface area (Å²) < 4.78 is 11.6. The van der Waals surface area contributed by atoms with E-state index in [4.69, 9.17) is 15.2 Å². The van der Waals surface area contributed by atoms with E-state index in [2.05, 4.69) is 52.0 Å². The zero-order valence-corrected chi connectivity index (χ0v) is 21.4. The third kappa shape index (κ3) is 8.08. The second kappa shape index (κ2) is 13.5. The predicted octanol–water partition coefficient (Wildman–Crippen LogP) is 4.96. The van der Waals surface area contributed by atoms with E-state index in [9.17, 15) is 4.79 Å². The van der Waals surface area contributed by atoms with Gasteiger partial charge in [-0.2, -0.15) is 0 Å². The van der Waals surface area contributed by atoms with Gasteiger partial charge >= 0.3 is 0 Å². The van der Waals surface area contributed by atoms with Gasteiger partial charge in [0.2, 0.25) is 5.91 Å². The number of hydrogen-bond donors (Lipinski definition) is 3. The van der Waals surface area contributed by atoms with Crippen LogP contribution in [0.15, 0.2) is 66.9 Å². The Balaban J connectivity index is 1.54. The van der Waals surface area contributed by atoms with Crippen LogP contribution in [0, 0.1) is 0 Å². The van der Waals surface area contributed by atoms with Crippen molar-refractivity contribution in [3.8, 4) is 5.75 Å². The number of anilines is 2. The highest BCUT2D eigenvalue weighted by atomic mass is 16.5. The number of carbonyl (C=O) groups excluding carboxylic acids is 1. The Morgan fingerprint density at radius 1 is 1.11 bits per heavy atom. The second-order valence-electron chi connectivity index (χ2n) is 9.29. The number of rotatable bonds is 5. The number of hydrogen-bond acceptors (Lipinski definition) is 6. The van der Waals surface area contributed by atoms with Gasteiger partial charge in [-0.25, -0.2) is 4.98 Å². The molecule has 2 aromatic carbocycles. The zero-order chi connectivity index (χ0) is 25.9. The molecular weight excluding hydrogens is 464 g/mol. The number of nitrogens with zero attached hydrogens (tertiary/aromatic N) is 1. The molecule has 4 N–H and O–H groups in total. The van der Waals surface area contributed by atoms with Crippen molar-refractivity contribution in [1.82, 2.24) is 10.3 Å². The van der Waals surface area contributed by atoms with E-state index in [1.165, 1.54) is 0 Å². The summed E-state index contributed by atoms with van der Waals surface area (Å²) in [5.74, 6) is 1.33. The quantitative estimate of drug-likeness (QED) is 0.458. The first-order chi connectivity index (χ1) is 18.1. The summed E-state index contributed by atoms with van der Waals surface area (Å²) in [6, 6.07) is 18.3. The molecule has 0 spiro atoms. The Bertz CT molecular complexity index is 1200. The first-order valence-corrected chi connectivity index (χ1v) is 12.9. The summed E-state index contributed by atoms with van der Waals surface area (Å²) in [6.07, 6.45) is 8.46. The molecule has 7 nitrogen and oxygen atoms in total. The van der Waals surface area contributed by atoms with Crippen LogP contribution < -0.4 is 21.1 Å². The van der Waals surface area contributed by atoms with Gasteiger partial charge < -0.3 is 25.8 Å². The molecule has 0 saturated heterocycles. The molecule has 1 amide bonds. The molecule has 4 rings (SSSR count). The largest absolute Gasteiger partial charge is 0.489 e. The number of carbonyl (C=O) groups is 1. The van der Waals surface area contributed by atoms with Crippen molar-refractivity contribution < 1.29 is 14.3 Å². The van der Waals surface area contributed by atoms with E-state index in [-0.39, 0.29) is 11.9 Å². The maximum atomic E-state index is 12.1. The van der Waals surface area contributed by atoms with E-state index in [0.717, 1.165) is 46.5 Å². The Morgan fingerprint density at radius 2 is 1.95 bits per heavy atom. The van der Waals surface area contributed by atoms with Crippen molar-refractivity contribution in [2.45, 2.75) is 45.3 Å². The number of aromatic nitrogens is 1. The molecule has 0 aliphatic carbocycles. The van der Waals surface area contributed by atoms with Crippen LogP contribution in [0.1, 0.15) is 48.4 Å². The molecule has 0 bridgehead atoms. The summed E-state index contributed by atoms with van der Waals surface area (Å²) in [7, 11) is 0. The highest BCUT2D eigenvalue weighted by Crippen LogP contribution is 2.30. The Labute approximate surface area is 219 Å². The summed E-state index contributed by atoms with van der Waals surface area (Å²) in [6.45, 7) is 4.21. The highest BCUT2D eigenvalue weighted by Gasteiger charge is 2.15. The minimum absolute atomic E-state index is 0.0156. The van der Waals surface area contributed by atoms with E-state index >= 15 is 0 Å². The smallest absolute Gasteiger partial charge is 0.222 e. The van der Waals surface area contributed by atoms with E-state index in [1.54, 1.807) is 6.20 Å². The van der Waals surface area contributed by atoms with Crippen LogP contribution in [-0.4, -0.2) is 36.7 Å². The molecule has 194 valence electrons. The summed E-state index contributed by atoms with van der Waals surface area (Å²) >= 11 is 0. The SMILES string of the molecule is CC1CCNc2c(cnc(N)c2Cc2cccc(OCc3ccccc3)c2)/C=C/CCOCCC(=O)N1. The predicted molar refractivity (Wildman–Crippen MR) is 148 cm³/mol. The summed E-state index contributed by atoms with van der Waals surface area (Å²) in [5, 5.41) is 6.63. The van der Waals surface area contributed by atoms with Crippen LogP contribution in [0.2, 0.25) is 0 Å². The van der Waals surface area contributed by atoms with Gasteiger partial charge in [0.25, 0.3) is 0 Å². The van der Waals surface area contributed by atoms with Crippen molar-refractivity contribution in [3.05, 3.63) is 89.1 Å². The lowest BCUT2D eigenvalue weighted by Crippen LogP contribution is -2.34. The molecule has 1 aromatic heterocycles. The van der Waals surface area contributed by atoms with Crippen LogP contribution in [0.5, 0.6) is 5.75 Å². The molecule has 37 heavy (non-hydrogen) atoms. The van der Waals surface area contributed by atoms with Crippen LogP contribution in [0.4, 0.5) is 11.5 Å². The van der Waals surface area contributed by atoms with Gasteiger partial charge in [0.1, 0.15) is 18.2 Å². The van der Waals surface area contributed by atoms with Gasteiger partial charge in [0, 0.05) is 42.8 Å². The lowest BCUT2D eigenvalue weighted by Gasteiger charge is -2.19. The molecule has 1 aliphatic rings. The van der Waals surface area contributed by atoms with Gasteiger partial charge in [-0.1, -0.05) is 54.6 Å².